The maximum absolute atomic E-state index is 4.90. The number of rotatable bonds is 4. The molecule has 0 radical (unpaired) electrons. The Labute approximate surface area is 157 Å². The van der Waals surface area contributed by atoms with Crippen LogP contribution in [0.5, 0.6) is 0 Å². The van der Waals surface area contributed by atoms with Gasteiger partial charge in [-0.25, -0.2) is 4.99 Å². The molecule has 0 amide bonds. The van der Waals surface area contributed by atoms with Crippen molar-refractivity contribution >= 4 is 17.0 Å². The van der Waals surface area contributed by atoms with Crippen LogP contribution in [-0.2, 0) is 6.54 Å². The van der Waals surface area contributed by atoms with E-state index in [1.54, 1.807) is 11.3 Å². The second-order valence-corrected chi connectivity index (χ2v) is 6.34. The summed E-state index contributed by atoms with van der Waals surface area (Å²) >= 11 is 1.67. The van der Waals surface area contributed by atoms with Crippen LogP contribution in [0.1, 0.15) is 11.1 Å². The van der Waals surface area contributed by atoms with Crippen LogP contribution in [0, 0.1) is 13.8 Å². The standard InChI is InChI=1S/C20H20N2S.BrH/c1-4-13-22-19(17-10-6-5-7-11-17)14-23-20(22)21-18-12-8-9-15(2)16(18)3;/h4-12,14H,1,13H2,2-3H3;1H/p-1. The maximum atomic E-state index is 4.90. The van der Waals surface area contributed by atoms with Crippen molar-refractivity contribution in [2.45, 2.75) is 20.4 Å². The number of nitrogens with zero attached hydrogens (tertiary/aromatic N) is 2. The van der Waals surface area contributed by atoms with Gasteiger partial charge in [-0.05, 0) is 36.6 Å². The van der Waals surface area contributed by atoms with E-state index in [0.717, 1.165) is 17.0 Å². The Balaban J connectivity index is 0.00000208. The molecule has 0 spiro atoms. The molecule has 0 fully saturated rings. The summed E-state index contributed by atoms with van der Waals surface area (Å²) in [5.74, 6) is 0. The molecule has 0 aliphatic heterocycles. The van der Waals surface area contributed by atoms with Crippen LogP contribution in [0.4, 0.5) is 5.69 Å². The van der Waals surface area contributed by atoms with Crippen LogP contribution in [0.25, 0.3) is 11.3 Å². The number of hydrogen-bond acceptors (Lipinski definition) is 2. The highest BCUT2D eigenvalue weighted by molar-refractivity contribution is 7.07. The predicted molar refractivity (Wildman–Crippen MR) is 99.1 cm³/mol. The molecule has 2 nitrogen and oxygen atoms in total. The topological polar surface area (TPSA) is 17.3 Å². The number of thiazole rings is 1. The van der Waals surface area contributed by atoms with Gasteiger partial charge in [0.15, 0.2) is 4.80 Å². The molecule has 0 aliphatic rings. The van der Waals surface area contributed by atoms with Crippen molar-refractivity contribution in [2.75, 3.05) is 0 Å². The highest BCUT2D eigenvalue weighted by Gasteiger charge is 2.07. The van der Waals surface area contributed by atoms with Crippen molar-refractivity contribution in [3.63, 3.8) is 0 Å². The third-order valence-electron chi connectivity index (χ3n) is 3.97. The number of halogens is 1. The Hall–Kier alpha value is -1.91. The molecule has 0 aliphatic carbocycles. The fourth-order valence-corrected chi connectivity index (χ4v) is 3.46. The minimum absolute atomic E-state index is 0. The van der Waals surface area contributed by atoms with E-state index in [2.05, 4.69) is 72.8 Å². The molecule has 0 atom stereocenters. The van der Waals surface area contributed by atoms with Crippen molar-refractivity contribution in [3.8, 4) is 11.3 Å². The van der Waals surface area contributed by atoms with Crippen molar-refractivity contribution in [1.29, 1.82) is 0 Å². The van der Waals surface area contributed by atoms with E-state index in [1.807, 2.05) is 12.1 Å². The van der Waals surface area contributed by atoms with E-state index in [1.165, 1.54) is 22.4 Å². The third-order valence-corrected chi connectivity index (χ3v) is 4.83. The van der Waals surface area contributed by atoms with Crippen LogP contribution in [-0.4, -0.2) is 4.57 Å². The Kier molecular flexibility index (Phi) is 6.35. The van der Waals surface area contributed by atoms with E-state index in [4.69, 9.17) is 4.99 Å². The molecular formula is C20H20BrN2S-. The highest BCUT2D eigenvalue weighted by atomic mass is 79.9. The molecule has 24 heavy (non-hydrogen) atoms. The summed E-state index contributed by atoms with van der Waals surface area (Å²) in [5.41, 5.74) is 5.91. The smallest absolute Gasteiger partial charge is 0.190 e. The van der Waals surface area contributed by atoms with Crippen molar-refractivity contribution in [1.82, 2.24) is 4.57 Å². The summed E-state index contributed by atoms with van der Waals surface area (Å²) in [6.45, 7) is 8.88. The normalized spacial score (nSPS) is 11.2. The van der Waals surface area contributed by atoms with Gasteiger partial charge >= 0.3 is 0 Å². The fourth-order valence-electron chi connectivity index (χ4n) is 2.52. The molecular weight excluding hydrogens is 380 g/mol. The zero-order chi connectivity index (χ0) is 16.2. The summed E-state index contributed by atoms with van der Waals surface area (Å²) in [6, 6.07) is 16.7. The van der Waals surface area contributed by atoms with Gasteiger partial charge < -0.3 is 21.5 Å². The van der Waals surface area contributed by atoms with Crippen LogP contribution in [0.3, 0.4) is 0 Å². The summed E-state index contributed by atoms with van der Waals surface area (Å²) in [7, 11) is 0. The minimum atomic E-state index is 0. The van der Waals surface area contributed by atoms with Gasteiger partial charge in [0.25, 0.3) is 0 Å². The zero-order valence-electron chi connectivity index (χ0n) is 13.9. The molecule has 0 N–H and O–H groups in total. The van der Waals surface area contributed by atoms with Crippen molar-refractivity contribution in [2.24, 2.45) is 4.99 Å². The maximum Gasteiger partial charge on any atom is 0.190 e. The van der Waals surface area contributed by atoms with Gasteiger partial charge in [0.1, 0.15) is 0 Å². The fraction of sp³-hybridized carbons (Fsp3) is 0.150. The lowest BCUT2D eigenvalue weighted by Crippen LogP contribution is -3.00. The Morgan fingerprint density at radius 1 is 1.08 bits per heavy atom. The Bertz CT molecular complexity index is 892. The molecule has 2 aromatic carbocycles. The van der Waals surface area contributed by atoms with Gasteiger partial charge in [-0.3, -0.25) is 0 Å². The first-order valence-corrected chi connectivity index (χ1v) is 8.54. The molecule has 3 rings (SSSR count). The number of hydrogen-bond donors (Lipinski definition) is 0. The molecule has 4 heteroatoms. The average Bonchev–Trinajstić information content (AvgIpc) is 2.96. The number of aromatic nitrogens is 1. The lowest BCUT2D eigenvalue weighted by atomic mass is 10.1. The second kappa shape index (κ2) is 8.27. The molecule has 3 aromatic rings. The van der Waals surface area contributed by atoms with E-state index in [-0.39, 0.29) is 17.0 Å². The van der Waals surface area contributed by atoms with Gasteiger partial charge in [0.2, 0.25) is 0 Å². The second-order valence-electron chi connectivity index (χ2n) is 5.50. The van der Waals surface area contributed by atoms with Gasteiger partial charge in [-0.15, -0.1) is 17.9 Å². The lowest BCUT2D eigenvalue weighted by Gasteiger charge is -2.07. The number of allylic oxidation sites excluding steroid dienone is 1. The van der Waals surface area contributed by atoms with E-state index in [9.17, 15) is 0 Å². The van der Waals surface area contributed by atoms with Gasteiger partial charge in [0.05, 0.1) is 11.4 Å². The van der Waals surface area contributed by atoms with Crippen molar-refractivity contribution in [3.05, 3.63) is 82.5 Å². The van der Waals surface area contributed by atoms with Crippen LogP contribution in [0.2, 0.25) is 0 Å². The molecule has 1 heterocycles. The number of aryl methyl sites for hydroxylation is 1. The van der Waals surface area contributed by atoms with Crippen molar-refractivity contribution < 1.29 is 17.0 Å². The summed E-state index contributed by atoms with van der Waals surface area (Å²) in [4.78, 5) is 5.90. The Morgan fingerprint density at radius 2 is 1.83 bits per heavy atom. The monoisotopic (exact) mass is 399 g/mol. The van der Waals surface area contributed by atoms with Crippen LogP contribution >= 0.6 is 11.3 Å². The SMILES string of the molecule is C=CCn1c(-c2ccccc2)csc1=Nc1cccc(C)c1C.[Br-]. The van der Waals surface area contributed by atoms with Gasteiger partial charge in [0, 0.05) is 11.9 Å². The molecule has 0 unspecified atom stereocenters. The molecule has 0 saturated carbocycles. The summed E-state index contributed by atoms with van der Waals surface area (Å²) in [6.07, 6.45) is 1.92. The molecule has 124 valence electrons. The Morgan fingerprint density at radius 3 is 2.54 bits per heavy atom. The van der Waals surface area contributed by atoms with Crippen LogP contribution in [0.15, 0.2) is 71.6 Å². The molecule has 0 bridgehead atoms. The minimum Gasteiger partial charge on any atom is -1.00 e. The van der Waals surface area contributed by atoms with Crippen LogP contribution < -0.4 is 21.8 Å². The highest BCUT2D eigenvalue weighted by Crippen LogP contribution is 2.23. The lowest BCUT2D eigenvalue weighted by molar-refractivity contribution is -0.00000468. The van der Waals surface area contributed by atoms with Gasteiger partial charge in [-0.2, -0.15) is 0 Å². The third kappa shape index (κ3) is 3.77. The first-order valence-electron chi connectivity index (χ1n) is 7.66. The van der Waals surface area contributed by atoms with E-state index in [0.29, 0.717) is 0 Å². The van der Waals surface area contributed by atoms with E-state index >= 15 is 0 Å². The quantitative estimate of drug-likeness (QED) is 0.598. The zero-order valence-corrected chi connectivity index (χ0v) is 16.3. The predicted octanol–water partition coefficient (Wildman–Crippen LogP) is 2.26. The molecule has 1 aromatic heterocycles. The number of benzene rings is 2. The first-order chi connectivity index (χ1) is 11.2. The molecule has 0 saturated heterocycles. The summed E-state index contributed by atoms with van der Waals surface area (Å²) < 4.78 is 2.22. The largest absolute Gasteiger partial charge is 1.00 e. The van der Waals surface area contributed by atoms with E-state index < -0.39 is 0 Å². The summed E-state index contributed by atoms with van der Waals surface area (Å²) in [5, 5.41) is 2.17. The average molecular weight is 400 g/mol. The first kappa shape index (κ1) is 18.4. The van der Waals surface area contributed by atoms with Gasteiger partial charge in [-0.1, -0.05) is 48.5 Å².